The smallest absolute Gasteiger partial charge is 0.391 e. The summed E-state index contributed by atoms with van der Waals surface area (Å²) in [5.41, 5.74) is 1.96. The van der Waals surface area contributed by atoms with E-state index in [1.165, 1.54) is 17.0 Å². The van der Waals surface area contributed by atoms with Crippen LogP contribution in [0.25, 0.3) is 11.3 Å². The normalized spacial score (nSPS) is 15.8. The van der Waals surface area contributed by atoms with Gasteiger partial charge in [-0.2, -0.15) is 13.2 Å². The first-order valence-corrected chi connectivity index (χ1v) is 11.0. The largest absolute Gasteiger partial charge is 0.433 e. The summed E-state index contributed by atoms with van der Waals surface area (Å²) in [6.07, 6.45) is -1.90. The minimum Gasteiger partial charge on any atom is -0.391 e. The van der Waals surface area contributed by atoms with Gasteiger partial charge in [0.25, 0.3) is 11.8 Å². The Hall–Kier alpha value is -3.79. The lowest BCUT2D eigenvalue weighted by Crippen LogP contribution is -2.30. The molecule has 1 aliphatic heterocycles. The zero-order valence-corrected chi connectivity index (χ0v) is 18.8. The summed E-state index contributed by atoms with van der Waals surface area (Å²) in [6, 6.07) is 10.5. The molecule has 1 aromatic carbocycles. The highest BCUT2D eigenvalue weighted by atomic mass is 19.4. The SMILES string of the molecule is Cc1ccc(-c2cc(C(=O)NCc3ccc(C(F)(F)F)nc3)cc(C(=O)N3CC[C@@H](O)C3)c2)nc1. The molecule has 10 heteroatoms. The third-order valence-corrected chi connectivity index (χ3v) is 5.67. The summed E-state index contributed by atoms with van der Waals surface area (Å²) in [5, 5.41) is 12.5. The number of likely N-dealkylation sites (tertiary alicyclic amines) is 1. The fraction of sp³-hybridized carbons (Fsp3) is 0.280. The second-order valence-corrected chi connectivity index (χ2v) is 8.45. The Morgan fingerprint density at radius 1 is 1.09 bits per heavy atom. The monoisotopic (exact) mass is 484 g/mol. The predicted molar refractivity (Wildman–Crippen MR) is 121 cm³/mol. The first-order valence-electron chi connectivity index (χ1n) is 11.0. The molecule has 1 fully saturated rings. The number of carbonyl (C=O) groups excluding carboxylic acids is 2. The Kier molecular flexibility index (Phi) is 6.83. The minimum absolute atomic E-state index is 0.0431. The number of aryl methyl sites for hydroxylation is 1. The maximum absolute atomic E-state index is 13.1. The number of amides is 2. The molecule has 1 aliphatic rings. The maximum atomic E-state index is 13.1. The van der Waals surface area contributed by atoms with Crippen molar-refractivity contribution in [2.75, 3.05) is 13.1 Å². The maximum Gasteiger partial charge on any atom is 0.433 e. The number of carbonyl (C=O) groups is 2. The standard InChI is InChI=1S/C25H23F3N4O3/c1-15-2-4-21(29-11-15)17-8-18(10-19(9-17)24(35)32-7-6-20(33)14-32)23(34)31-13-16-3-5-22(30-12-16)25(26,27)28/h2-5,8-12,20,33H,6-7,13-14H2,1H3,(H,31,34)/t20-/m1/s1. The Labute approximate surface area is 199 Å². The van der Waals surface area contributed by atoms with E-state index in [1.54, 1.807) is 24.4 Å². The van der Waals surface area contributed by atoms with Crippen LogP contribution in [0.4, 0.5) is 13.2 Å². The topological polar surface area (TPSA) is 95.4 Å². The van der Waals surface area contributed by atoms with Gasteiger partial charge in [0.2, 0.25) is 0 Å². The summed E-state index contributed by atoms with van der Waals surface area (Å²) in [6.45, 7) is 2.48. The van der Waals surface area contributed by atoms with Crippen molar-refractivity contribution in [3.05, 3.63) is 82.8 Å². The molecule has 3 heterocycles. The van der Waals surface area contributed by atoms with E-state index >= 15 is 0 Å². The van der Waals surface area contributed by atoms with E-state index in [1.807, 2.05) is 13.0 Å². The number of rotatable bonds is 5. The van der Waals surface area contributed by atoms with Crippen molar-refractivity contribution in [2.24, 2.45) is 0 Å². The van der Waals surface area contributed by atoms with Crippen molar-refractivity contribution in [1.82, 2.24) is 20.2 Å². The molecule has 35 heavy (non-hydrogen) atoms. The molecule has 3 aromatic rings. The number of β-amino-alcohol motifs (C(OH)–C–C–N with tert-alkyl or cyclic N) is 1. The van der Waals surface area contributed by atoms with Crippen LogP contribution in [0, 0.1) is 6.92 Å². The Balaban J connectivity index is 1.58. The van der Waals surface area contributed by atoms with Crippen LogP contribution < -0.4 is 5.32 Å². The van der Waals surface area contributed by atoms with E-state index in [4.69, 9.17) is 0 Å². The number of halogens is 3. The molecule has 1 saturated heterocycles. The number of hydrogen-bond donors (Lipinski definition) is 2. The molecule has 0 aliphatic carbocycles. The third kappa shape index (κ3) is 5.83. The highest BCUT2D eigenvalue weighted by Gasteiger charge is 2.32. The highest BCUT2D eigenvalue weighted by Crippen LogP contribution is 2.27. The molecule has 0 spiro atoms. The van der Waals surface area contributed by atoms with Gasteiger partial charge >= 0.3 is 6.18 Å². The van der Waals surface area contributed by atoms with Crippen LogP contribution in [0.5, 0.6) is 0 Å². The summed E-state index contributed by atoms with van der Waals surface area (Å²) < 4.78 is 38.1. The Morgan fingerprint density at radius 3 is 2.46 bits per heavy atom. The molecule has 1 atom stereocenters. The molecule has 0 unspecified atom stereocenters. The lowest BCUT2D eigenvalue weighted by molar-refractivity contribution is -0.141. The van der Waals surface area contributed by atoms with Gasteiger partial charge in [-0.05, 0) is 54.8 Å². The molecule has 0 radical (unpaired) electrons. The van der Waals surface area contributed by atoms with Crippen LogP contribution in [0.2, 0.25) is 0 Å². The molecule has 2 aromatic heterocycles. The van der Waals surface area contributed by atoms with Gasteiger partial charge in [-0.3, -0.25) is 19.6 Å². The van der Waals surface area contributed by atoms with Crippen molar-refractivity contribution in [1.29, 1.82) is 0 Å². The molecule has 7 nitrogen and oxygen atoms in total. The fourth-order valence-electron chi connectivity index (χ4n) is 3.76. The average Bonchev–Trinajstić information content (AvgIpc) is 3.28. The second-order valence-electron chi connectivity index (χ2n) is 8.45. The van der Waals surface area contributed by atoms with Crippen LogP contribution in [-0.2, 0) is 12.7 Å². The van der Waals surface area contributed by atoms with Crippen molar-refractivity contribution in [2.45, 2.75) is 32.2 Å². The zero-order chi connectivity index (χ0) is 25.2. The van der Waals surface area contributed by atoms with E-state index in [0.29, 0.717) is 29.8 Å². The lowest BCUT2D eigenvalue weighted by Gasteiger charge is -2.17. The molecule has 4 rings (SSSR count). The quantitative estimate of drug-likeness (QED) is 0.577. The van der Waals surface area contributed by atoms with Crippen LogP contribution in [0.1, 0.15) is 44.0 Å². The van der Waals surface area contributed by atoms with Gasteiger partial charge in [0.15, 0.2) is 0 Å². The van der Waals surface area contributed by atoms with Gasteiger partial charge in [-0.15, -0.1) is 0 Å². The predicted octanol–water partition coefficient (Wildman–Crippen LogP) is 3.61. The zero-order valence-electron chi connectivity index (χ0n) is 18.8. The van der Waals surface area contributed by atoms with E-state index in [9.17, 15) is 27.9 Å². The first-order chi connectivity index (χ1) is 16.6. The number of hydrogen-bond acceptors (Lipinski definition) is 5. The molecular formula is C25H23F3N4O3. The number of aromatic nitrogens is 2. The number of aliphatic hydroxyl groups is 1. The number of aliphatic hydroxyl groups excluding tert-OH is 1. The fourth-order valence-corrected chi connectivity index (χ4v) is 3.76. The van der Waals surface area contributed by atoms with Crippen molar-refractivity contribution < 1.29 is 27.9 Å². The van der Waals surface area contributed by atoms with Gasteiger partial charge in [0.05, 0.1) is 11.8 Å². The van der Waals surface area contributed by atoms with Gasteiger partial charge in [-0.1, -0.05) is 12.1 Å². The molecule has 182 valence electrons. The highest BCUT2D eigenvalue weighted by molar-refractivity contribution is 6.01. The van der Waals surface area contributed by atoms with Crippen molar-refractivity contribution >= 4 is 11.8 Å². The minimum atomic E-state index is -4.54. The summed E-state index contributed by atoms with van der Waals surface area (Å²) in [5.74, 6) is -0.814. The molecular weight excluding hydrogens is 461 g/mol. The van der Waals surface area contributed by atoms with Gasteiger partial charge in [-0.25, -0.2) is 0 Å². The van der Waals surface area contributed by atoms with Crippen LogP contribution >= 0.6 is 0 Å². The van der Waals surface area contributed by atoms with E-state index < -0.39 is 23.9 Å². The molecule has 0 saturated carbocycles. The number of benzene rings is 1. The van der Waals surface area contributed by atoms with E-state index in [-0.39, 0.29) is 30.1 Å². The van der Waals surface area contributed by atoms with Crippen molar-refractivity contribution in [3.8, 4) is 11.3 Å². The Morgan fingerprint density at radius 2 is 1.86 bits per heavy atom. The van der Waals surface area contributed by atoms with E-state index in [2.05, 4.69) is 15.3 Å². The van der Waals surface area contributed by atoms with Crippen LogP contribution in [0.3, 0.4) is 0 Å². The van der Waals surface area contributed by atoms with E-state index in [0.717, 1.165) is 17.8 Å². The number of nitrogens with one attached hydrogen (secondary N) is 1. The number of pyridine rings is 2. The summed E-state index contributed by atoms with van der Waals surface area (Å²) in [7, 11) is 0. The van der Waals surface area contributed by atoms with Crippen LogP contribution in [-0.4, -0.2) is 51.0 Å². The third-order valence-electron chi connectivity index (χ3n) is 5.67. The van der Waals surface area contributed by atoms with Gasteiger partial charge in [0.1, 0.15) is 5.69 Å². The van der Waals surface area contributed by atoms with Gasteiger partial charge < -0.3 is 15.3 Å². The molecule has 2 N–H and O–H groups in total. The van der Waals surface area contributed by atoms with Crippen molar-refractivity contribution in [3.63, 3.8) is 0 Å². The molecule has 2 amide bonds. The summed E-state index contributed by atoms with van der Waals surface area (Å²) in [4.78, 5) is 35.3. The number of nitrogens with zero attached hydrogens (tertiary/aromatic N) is 3. The second kappa shape index (κ2) is 9.83. The summed E-state index contributed by atoms with van der Waals surface area (Å²) >= 11 is 0. The molecule has 0 bridgehead atoms. The lowest BCUT2D eigenvalue weighted by atomic mass is 10.0. The Bertz CT molecular complexity index is 1230. The number of alkyl halides is 3. The first kappa shape index (κ1) is 24.3. The average molecular weight is 484 g/mol. The van der Waals surface area contributed by atoms with Gasteiger partial charge in [0, 0.05) is 48.7 Å². The van der Waals surface area contributed by atoms with Crippen LogP contribution in [0.15, 0.2) is 54.9 Å².